The van der Waals surface area contributed by atoms with Gasteiger partial charge in [-0.05, 0) is 13.3 Å². The van der Waals surface area contributed by atoms with Gasteiger partial charge < -0.3 is 9.84 Å². The highest BCUT2D eigenvalue weighted by molar-refractivity contribution is 5.92. The van der Waals surface area contributed by atoms with Crippen LogP contribution in [0.3, 0.4) is 0 Å². The maximum Gasteiger partial charge on any atom is 0.274 e. The summed E-state index contributed by atoms with van der Waals surface area (Å²) in [5, 5.41) is 10.6. The summed E-state index contributed by atoms with van der Waals surface area (Å²) >= 11 is 0. The van der Waals surface area contributed by atoms with Crippen LogP contribution < -0.4 is 5.32 Å². The molecule has 0 bridgehead atoms. The summed E-state index contributed by atoms with van der Waals surface area (Å²) in [6.45, 7) is 4.67. The third-order valence-corrected chi connectivity index (χ3v) is 2.64. The fourth-order valence-corrected chi connectivity index (χ4v) is 1.70. The van der Waals surface area contributed by atoms with E-state index >= 15 is 0 Å². The summed E-state index contributed by atoms with van der Waals surface area (Å²) in [5.41, 5.74) is 0.260. The second-order valence-corrected chi connectivity index (χ2v) is 3.75. The smallest absolute Gasteiger partial charge is 0.274 e. The quantitative estimate of drug-likeness (QED) is 0.859. The van der Waals surface area contributed by atoms with Gasteiger partial charge in [-0.25, -0.2) is 9.67 Å². The molecule has 7 nitrogen and oxygen atoms in total. The minimum absolute atomic E-state index is 0.184. The number of aryl methyl sites for hydroxylation is 1. The topological polar surface area (TPSA) is 85.8 Å². The normalized spacial score (nSPS) is 12.3. The molecule has 0 radical (unpaired) electrons. The summed E-state index contributed by atoms with van der Waals surface area (Å²) in [6.07, 6.45) is 3.58. The van der Waals surface area contributed by atoms with Gasteiger partial charge in [0.05, 0.1) is 6.04 Å². The monoisotopic (exact) mass is 249 g/mol. The molecule has 96 valence electrons. The van der Waals surface area contributed by atoms with Crippen LogP contribution >= 0.6 is 0 Å². The van der Waals surface area contributed by atoms with E-state index in [0.717, 1.165) is 12.2 Å². The Kier molecular flexibility index (Phi) is 3.71. The fourth-order valence-electron chi connectivity index (χ4n) is 1.70. The average molecular weight is 249 g/mol. The average Bonchev–Trinajstić information content (AvgIpc) is 3.05. The van der Waals surface area contributed by atoms with Crippen LogP contribution in [0.4, 0.5) is 0 Å². The summed E-state index contributed by atoms with van der Waals surface area (Å²) < 4.78 is 6.40. The molecule has 2 aromatic heterocycles. The van der Waals surface area contributed by atoms with Gasteiger partial charge in [0.25, 0.3) is 5.91 Å². The molecule has 18 heavy (non-hydrogen) atoms. The molecule has 2 heterocycles. The zero-order chi connectivity index (χ0) is 13.0. The minimum atomic E-state index is -0.277. The molecule has 1 N–H and O–H groups in total. The predicted octanol–water partition coefficient (Wildman–Crippen LogP) is 1.17. The van der Waals surface area contributed by atoms with E-state index in [0.29, 0.717) is 6.54 Å². The van der Waals surface area contributed by atoms with E-state index in [4.69, 9.17) is 0 Å². The Labute approximate surface area is 104 Å². The molecule has 7 heteroatoms. The summed E-state index contributed by atoms with van der Waals surface area (Å²) in [4.78, 5) is 16.1. The lowest BCUT2D eigenvalue weighted by molar-refractivity contribution is 0.0923. The predicted molar refractivity (Wildman–Crippen MR) is 62.7 cm³/mol. The number of aromatic nitrogens is 4. The van der Waals surface area contributed by atoms with Crippen LogP contribution in [-0.2, 0) is 6.54 Å². The molecule has 2 rings (SSSR count). The number of carbonyl (C=O) groups is 1. The van der Waals surface area contributed by atoms with Crippen LogP contribution in [0.2, 0.25) is 0 Å². The molecule has 0 aliphatic carbocycles. The standard InChI is InChI=1S/C11H15N5O2/c1-3-8(10-12-7-13-16(10)4-2)14-11(17)9-5-6-18-15-9/h5-8H,3-4H2,1-2H3,(H,14,17)/t8-/m0/s1. The summed E-state index contributed by atoms with van der Waals surface area (Å²) in [5.74, 6) is 0.470. The Morgan fingerprint density at radius 2 is 2.39 bits per heavy atom. The van der Waals surface area contributed by atoms with E-state index in [-0.39, 0.29) is 17.6 Å². The van der Waals surface area contributed by atoms with E-state index in [1.165, 1.54) is 18.7 Å². The lowest BCUT2D eigenvalue weighted by Gasteiger charge is -2.15. The molecule has 0 unspecified atom stereocenters. The number of nitrogens with zero attached hydrogens (tertiary/aromatic N) is 4. The molecule has 2 aromatic rings. The number of nitrogens with one attached hydrogen (secondary N) is 1. The highest BCUT2D eigenvalue weighted by Gasteiger charge is 2.19. The van der Waals surface area contributed by atoms with Crippen molar-refractivity contribution in [2.75, 3.05) is 0 Å². The number of carbonyl (C=O) groups excluding carboxylic acids is 1. The lowest BCUT2D eigenvalue weighted by Crippen LogP contribution is -2.30. The van der Waals surface area contributed by atoms with Gasteiger partial charge in [-0.15, -0.1) is 0 Å². The van der Waals surface area contributed by atoms with E-state index in [1.54, 1.807) is 4.68 Å². The Balaban J connectivity index is 2.13. The van der Waals surface area contributed by atoms with Crippen LogP contribution in [0, 0.1) is 0 Å². The van der Waals surface area contributed by atoms with E-state index in [1.807, 2.05) is 13.8 Å². The van der Waals surface area contributed by atoms with Gasteiger partial charge in [0.1, 0.15) is 18.4 Å². The first-order valence-corrected chi connectivity index (χ1v) is 5.85. The van der Waals surface area contributed by atoms with Crippen LogP contribution in [0.15, 0.2) is 23.2 Å². The molecule has 1 amide bonds. The molecular weight excluding hydrogens is 234 g/mol. The zero-order valence-electron chi connectivity index (χ0n) is 10.3. The Morgan fingerprint density at radius 3 is 3.00 bits per heavy atom. The summed E-state index contributed by atoms with van der Waals surface area (Å²) in [6, 6.07) is 1.34. The molecule has 1 atom stereocenters. The maximum atomic E-state index is 11.9. The van der Waals surface area contributed by atoms with Crippen molar-refractivity contribution in [3.63, 3.8) is 0 Å². The molecule has 0 saturated heterocycles. The summed E-state index contributed by atoms with van der Waals surface area (Å²) in [7, 11) is 0. The van der Waals surface area contributed by atoms with Crippen molar-refractivity contribution >= 4 is 5.91 Å². The minimum Gasteiger partial charge on any atom is -0.364 e. The van der Waals surface area contributed by atoms with Crippen LogP contribution in [0.1, 0.15) is 42.6 Å². The molecule has 0 fully saturated rings. The molecular formula is C11H15N5O2. The fraction of sp³-hybridized carbons (Fsp3) is 0.455. The van der Waals surface area contributed by atoms with E-state index in [2.05, 4.69) is 25.1 Å². The van der Waals surface area contributed by atoms with Crippen molar-refractivity contribution in [3.05, 3.63) is 30.2 Å². The second kappa shape index (κ2) is 5.44. The van der Waals surface area contributed by atoms with Crippen LogP contribution in [0.25, 0.3) is 0 Å². The van der Waals surface area contributed by atoms with Crippen molar-refractivity contribution in [3.8, 4) is 0 Å². The van der Waals surface area contributed by atoms with Gasteiger partial charge in [-0.2, -0.15) is 5.10 Å². The van der Waals surface area contributed by atoms with Crippen molar-refractivity contribution < 1.29 is 9.32 Å². The van der Waals surface area contributed by atoms with Gasteiger partial charge in [0, 0.05) is 12.6 Å². The molecule has 0 aliphatic rings. The zero-order valence-corrected chi connectivity index (χ0v) is 10.3. The Bertz CT molecular complexity index is 505. The van der Waals surface area contributed by atoms with Crippen molar-refractivity contribution in [1.82, 2.24) is 25.2 Å². The molecule has 0 aromatic carbocycles. The first-order chi connectivity index (χ1) is 8.76. The van der Waals surface area contributed by atoms with Crippen molar-refractivity contribution in [2.24, 2.45) is 0 Å². The maximum absolute atomic E-state index is 11.9. The molecule has 0 aliphatic heterocycles. The largest absolute Gasteiger partial charge is 0.364 e. The number of hydrogen-bond acceptors (Lipinski definition) is 5. The van der Waals surface area contributed by atoms with Crippen molar-refractivity contribution in [2.45, 2.75) is 32.9 Å². The van der Waals surface area contributed by atoms with Gasteiger partial charge >= 0.3 is 0 Å². The highest BCUT2D eigenvalue weighted by atomic mass is 16.5. The van der Waals surface area contributed by atoms with Crippen LogP contribution in [-0.4, -0.2) is 25.8 Å². The lowest BCUT2D eigenvalue weighted by atomic mass is 10.2. The molecule has 0 spiro atoms. The second-order valence-electron chi connectivity index (χ2n) is 3.75. The SMILES string of the molecule is CC[C@H](NC(=O)c1ccon1)c1ncnn1CC. The van der Waals surface area contributed by atoms with Crippen LogP contribution in [0.5, 0.6) is 0 Å². The number of hydrogen-bond donors (Lipinski definition) is 1. The third-order valence-electron chi connectivity index (χ3n) is 2.64. The van der Waals surface area contributed by atoms with Crippen molar-refractivity contribution in [1.29, 1.82) is 0 Å². The third kappa shape index (κ3) is 2.39. The first-order valence-electron chi connectivity index (χ1n) is 5.85. The Hall–Kier alpha value is -2.18. The highest BCUT2D eigenvalue weighted by Crippen LogP contribution is 2.14. The van der Waals surface area contributed by atoms with Gasteiger partial charge in [-0.3, -0.25) is 4.79 Å². The first kappa shape index (κ1) is 12.3. The van der Waals surface area contributed by atoms with Gasteiger partial charge in [0.15, 0.2) is 5.69 Å². The number of rotatable bonds is 5. The number of amides is 1. The van der Waals surface area contributed by atoms with Gasteiger partial charge in [-0.1, -0.05) is 12.1 Å². The van der Waals surface area contributed by atoms with E-state index < -0.39 is 0 Å². The van der Waals surface area contributed by atoms with E-state index in [9.17, 15) is 4.79 Å². The Morgan fingerprint density at radius 1 is 1.56 bits per heavy atom. The molecule has 0 saturated carbocycles. The van der Waals surface area contributed by atoms with Gasteiger partial charge in [0.2, 0.25) is 0 Å².